The topological polar surface area (TPSA) is 55.9 Å². The van der Waals surface area contributed by atoms with E-state index in [2.05, 4.69) is 10.5 Å². The quantitative estimate of drug-likeness (QED) is 0.639. The van der Waals surface area contributed by atoms with Gasteiger partial charge in [-0.05, 0) is 29.7 Å². The van der Waals surface area contributed by atoms with Crippen molar-refractivity contribution in [2.45, 2.75) is 12.5 Å². The molecule has 0 bridgehead atoms. The second-order valence-electron chi connectivity index (χ2n) is 4.12. The average Bonchev–Trinajstić information content (AvgIpc) is 2.75. The largest absolute Gasteiger partial charge is 0.276 e. The van der Waals surface area contributed by atoms with E-state index in [1.165, 1.54) is 6.07 Å². The SMILES string of the molecule is Cn1cc(CC(NN)c2ccc(F)c(F)c2)cn1. The summed E-state index contributed by atoms with van der Waals surface area (Å²) >= 11 is 0. The molecule has 0 saturated carbocycles. The van der Waals surface area contributed by atoms with Gasteiger partial charge in [0.05, 0.1) is 12.2 Å². The number of nitrogens with zero attached hydrogens (tertiary/aromatic N) is 2. The fraction of sp³-hybridized carbons (Fsp3) is 0.250. The molecule has 0 aliphatic rings. The Morgan fingerprint density at radius 3 is 2.72 bits per heavy atom. The van der Waals surface area contributed by atoms with Crippen LogP contribution in [-0.4, -0.2) is 9.78 Å². The van der Waals surface area contributed by atoms with E-state index in [1.807, 2.05) is 13.2 Å². The van der Waals surface area contributed by atoms with Crippen molar-refractivity contribution >= 4 is 0 Å². The monoisotopic (exact) mass is 252 g/mol. The fourth-order valence-corrected chi connectivity index (χ4v) is 1.82. The van der Waals surface area contributed by atoms with E-state index in [9.17, 15) is 8.78 Å². The molecule has 0 radical (unpaired) electrons. The first kappa shape index (κ1) is 12.7. The molecule has 96 valence electrons. The van der Waals surface area contributed by atoms with E-state index in [4.69, 9.17) is 5.84 Å². The van der Waals surface area contributed by atoms with E-state index >= 15 is 0 Å². The summed E-state index contributed by atoms with van der Waals surface area (Å²) in [5.74, 6) is 3.71. The number of aromatic nitrogens is 2. The van der Waals surface area contributed by atoms with Crippen LogP contribution in [0.3, 0.4) is 0 Å². The van der Waals surface area contributed by atoms with Crippen LogP contribution in [0, 0.1) is 11.6 Å². The van der Waals surface area contributed by atoms with Gasteiger partial charge in [-0.15, -0.1) is 0 Å². The summed E-state index contributed by atoms with van der Waals surface area (Å²) in [6, 6.07) is 3.47. The van der Waals surface area contributed by atoms with Gasteiger partial charge >= 0.3 is 0 Å². The van der Waals surface area contributed by atoms with Crippen LogP contribution in [0.2, 0.25) is 0 Å². The van der Waals surface area contributed by atoms with Gasteiger partial charge in [-0.3, -0.25) is 16.0 Å². The van der Waals surface area contributed by atoms with Crippen molar-refractivity contribution in [1.82, 2.24) is 15.2 Å². The van der Waals surface area contributed by atoms with Gasteiger partial charge in [-0.2, -0.15) is 5.10 Å². The molecule has 0 saturated heterocycles. The van der Waals surface area contributed by atoms with Gasteiger partial charge in [0.15, 0.2) is 11.6 Å². The lowest BCUT2D eigenvalue weighted by Gasteiger charge is -2.15. The van der Waals surface area contributed by atoms with Crippen LogP contribution in [0.25, 0.3) is 0 Å². The maximum atomic E-state index is 13.2. The summed E-state index contributed by atoms with van der Waals surface area (Å²) < 4.78 is 27.7. The minimum atomic E-state index is -0.876. The first-order chi connectivity index (χ1) is 8.60. The van der Waals surface area contributed by atoms with Crippen molar-refractivity contribution in [2.24, 2.45) is 12.9 Å². The molecule has 0 fully saturated rings. The number of benzene rings is 1. The van der Waals surface area contributed by atoms with Crippen molar-refractivity contribution in [2.75, 3.05) is 0 Å². The van der Waals surface area contributed by atoms with Crippen molar-refractivity contribution < 1.29 is 8.78 Å². The zero-order valence-corrected chi connectivity index (χ0v) is 9.90. The lowest BCUT2D eigenvalue weighted by Crippen LogP contribution is -2.29. The Morgan fingerprint density at radius 2 is 2.17 bits per heavy atom. The average molecular weight is 252 g/mol. The molecule has 1 aromatic carbocycles. The molecule has 2 aromatic rings. The third-order valence-electron chi connectivity index (χ3n) is 2.75. The molecule has 0 spiro atoms. The molecule has 1 unspecified atom stereocenters. The number of rotatable bonds is 4. The molecule has 2 rings (SSSR count). The van der Waals surface area contributed by atoms with Gasteiger partial charge in [0, 0.05) is 13.2 Å². The summed E-state index contributed by atoms with van der Waals surface area (Å²) in [5.41, 5.74) is 4.16. The fourth-order valence-electron chi connectivity index (χ4n) is 1.82. The van der Waals surface area contributed by atoms with Crippen LogP contribution in [0.4, 0.5) is 8.78 Å². The van der Waals surface area contributed by atoms with Crippen LogP contribution >= 0.6 is 0 Å². The molecule has 0 aliphatic carbocycles. The zero-order valence-electron chi connectivity index (χ0n) is 9.90. The molecule has 1 atom stereocenters. The zero-order chi connectivity index (χ0) is 13.1. The van der Waals surface area contributed by atoms with Crippen molar-refractivity contribution in [1.29, 1.82) is 0 Å². The van der Waals surface area contributed by atoms with Gasteiger partial charge in [0.2, 0.25) is 0 Å². The van der Waals surface area contributed by atoms with Crippen LogP contribution in [0.1, 0.15) is 17.2 Å². The highest BCUT2D eigenvalue weighted by Crippen LogP contribution is 2.19. The molecule has 0 amide bonds. The number of halogens is 2. The number of hydrogen-bond donors (Lipinski definition) is 2. The minimum absolute atomic E-state index is 0.288. The Balaban J connectivity index is 2.19. The number of hydrazine groups is 1. The highest BCUT2D eigenvalue weighted by Gasteiger charge is 2.13. The molecule has 6 heteroatoms. The Labute approximate surface area is 103 Å². The summed E-state index contributed by atoms with van der Waals surface area (Å²) in [7, 11) is 1.81. The normalized spacial score (nSPS) is 12.7. The van der Waals surface area contributed by atoms with E-state index in [-0.39, 0.29) is 6.04 Å². The van der Waals surface area contributed by atoms with E-state index < -0.39 is 11.6 Å². The van der Waals surface area contributed by atoms with Gasteiger partial charge < -0.3 is 0 Å². The number of aryl methyl sites for hydroxylation is 1. The predicted molar refractivity (Wildman–Crippen MR) is 63.3 cm³/mol. The van der Waals surface area contributed by atoms with Gasteiger partial charge in [-0.25, -0.2) is 8.78 Å². The van der Waals surface area contributed by atoms with Gasteiger partial charge in [-0.1, -0.05) is 6.07 Å². The van der Waals surface area contributed by atoms with Crippen molar-refractivity contribution in [3.8, 4) is 0 Å². The van der Waals surface area contributed by atoms with Crippen molar-refractivity contribution in [3.05, 3.63) is 53.4 Å². The first-order valence-electron chi connectivity index (χ1n) is 5.48. The highest BCUT2D eigenvalue weighted by molar-refractivity contribution is 5.23. The second kappa shape index (κ2) is 5.24. The molecular formula is C12H14F2N4. The van der Waals surface area contributed by atoms with E-state index in [1.54, 1.807) is 10.9 Å². The lowest BCUT2D eigenvalue weighted by atomic mass is 10.0. The Bertz CT molecular complexity index is 539. The van der Waals surface area contributed by atoms with E-state index in [0.29, 0.717) is 12.0 Å². The maximum Gasteiger partial charge on any atom is 0.159 e. The van der Waals surface area contributed by atoms with Crippen LogP contribution in [0.5, 0.6) is 0 Å². The predicted octanol–water partition coefficient (Wildman–Crippen LogP) is 1.45. The third-order valence-corrected chi connectivity index (χ3v) is 2.75. The molecule has 0 aliphatic heterocycles. The minimum Gasteiger partial charge on any atom is -0.276 e. The van der Waals surface area contributed by atoms with Gasteiger partial charge in [0.25, 0.3) is 0 Å². The molecular weight excluding hydrogens is 238 g/mol. The van der Waals surface area contributed by atoms with E-state index in [0.717, 1.165) is 17.7 Å². The summed E-state index contributed by atoms with van der Waals surface area (Å²) in [6.45, 7) is 0. The summed E-state index contributed by atoms with van der Waals surface area (Å²) in [5, 5.41) is 4.04. The molecule has 1 aromatic heterocycles. The summed E-state index contributed by atoms with van der Waals surface area (Å²) in [6.07, 6.45) is 4.11. The van der Waals surface area contributed by atoms with Gasteiger partial charge in [0.1, 0.15) is 0 Å². The molecule has 4 nitrogen and oxygen atoms in total. The Morgan fingerprint density at radius 1 is 1.39 bits per heavy atom. The Kier molecular flexibility index (Phi) is 3.69. The number of hydrogen-bond acceptors (Lipinski definition) is 3. The molecule has 18 heavy (non-hydrogen) atoms. The summed E-state index contributed by atoms with van der Waals surface area (Å²) in [4.78, 5) is 0. The van der Waals surface area contributed by atoms with Crippen LogP contribution in [-0.2, 0) is 13.5 Å². The maximum absolute atomic E-state index is 13.2. The molecule has 1 heterocycles. The van der Waals surface area contributed by atoms with Crippen LogP contribution in [0.15, 0.2) is 30.6 Å². The third kappa shape index (κ3) is 2.72. The number of nitrogens with one attached hydrogen (secondary N) is 1. The highest BCUT2D eigenvalue weighted by atomic mass is 19.2. The Hall–Kier alpha value is -1.79. The van der Waals surface area contributed by atoms with Crippen molar-refractivity contribution in [3.63, 3.8) is 0 Å². The number of nitrogens with two attached hydrogens (primary N) is 1. The smallest absolute Gasteiger partial charge is 0.159 e. The second-order valence-corrected chi connectivity index (χ2v) is 4.12. The standard InChI is InChI=1S/C12H14F2N4/c1-18-7-8(6-16-18)4-12(17-15)9-2-3-10(13)11(14)5-9/h2-3,5-7,12,17H,4,15H2,1H3. The molecule has 3 N–H and O–H groups in total. The van der Waals surface area contributed by atoms with Crippen LogP contribution < -0.4 is 11.3 Å². The first-order valence-corrected chi connectivity index (χ1v) is 5.48. The lowest BCUT2D eigenvalue weighted by molar-refractivity contribution is 0.497.